The predicted molar refractivity (Wildman–Crippen MR) is 75.5 cm³/mol. The van der Waals surface area contributed by atoms with Gasteiger partial charge in [0.2, 0.25) is 0 Å². The Morgan fingerprint density at radius 1 is 1.21 bits per heavy atom. The van der Waals surface area contributed by atoms with E-state index in [-0.39, 0.29) is 17.8 Å². The number of rotatable bonds is 5. The zero-order valence-electron chi connectivity index (χ0n) is 10.7. The molecular weight excluding hydrogens is 266 g/mol. The molecule has 0 amide bonds. The molecule has 1 heterocycles. The van der Waals surface area contributed by atoms with Crippen molar-refractivity contribution in [2.24, 2.45) is 5.73 Å². The minimum absolute atomic E-state index is 0.00193. The average Bonchev–Trinajstić information content (AvgIpc) is 2.92. The third kappa shape index (κ3) is 3.11. The van der Waals surface area contributed by atoms with Gasteiger partial charge in [-0.3, -0.25) is 0 Å². The second-order valence-electron chi connectivity index (χ2n) is 4.33. The summed E-state index contributed by atoms with van der Waals surface area (Å²) in [4.78, 5) is 2.95. The smallest absolute Gasteiger partial charge is 0.182 e. The van der Waals surface area contributed by atoms with Crippen LogP contribution in [0.1, 0.15) is 10.4 Å². The maximum absolute atomic E-state index is 13.9. The fraction of sp³-hybridized carbons (Fsp3) is 0.286. The van der Waals surface area contributed by atoms with E-state index in [1.165, 1.54) is 10.9 Å². The number of halogens is 2. The monoisotopic (exact) mass is 282 g/mol. The van der Waals surface area contributed by atoms with Crippen LogP contribution in [0.5, 0.6) is 0 Å². The highest BCUT2D eigenvalue weighted by Gasteiger charge is 2.15. The van der Waals surface area contributed by atoms with E-state index < -0.39 is 11.6 Å². The zero-order valence-corrected chi connectivity index (χ0v) is 11.5. The molecule has 2 nitrogen and oxygen atoms in total. The Balaban J connectivity index is 2.10. The number of nitrogens with two attached hydrogens (primary N) is 1. The fourth-order valence-electron chi connectivity index (χ4n) is 1.88. The Hall–Kier alpha value is -1.46. The van der Waals surface area contributed by atoms with Crippen molar-refractivity contribution in [3.8, 4) is 0 Å². The fourth-order valence-corrected chi connectivity index (χ4v) is 2.58. The second-order valence-corrected chi connectivity index (χ2v) is 5.36. The van der Waals surface area contributed by atoms with Crippen LogP contribution in [0.15, 0.2) is 29.6 Å². The molecule has 102 valence electrons. The lowest BCUT2D eigenvalue weighted by molar-refractivity contribution is 0.498. The SMILES string of the molecule is CN(CCc1cccs1)c1ccc(CN)c(F)c1F. The summed E-state index contributed by atoms with van der Waals surface area (Å²) in [6, 6.07) is 7.13. The minimum atomic E-state index is -0.844. The number of nitrogens with zero attached hydrogens (tertiary/aromatic N) is 1. The third-order valence-electron chi connectivity index (χ3n) is 3.05. The Morgan fingerprint density at radius 3 is 2.63 bits per heavy atom. The van der Waals surface area contributed by atoms with Crippen LogP contribution in [-0.4, -0.2) is 13.6 Å². The van der Waals surface area contributed by atoms with Crippen LogP contribution in [-0.2, 0) is 13.0 Å². The van der Waals surface area contributed by atoms with E-state index in [0.29, 0.717) is 6.54 Å². The van der Waals surface area contributed by atoms with Crippen LogP contribution < -0.4 is 10.6 Å². The molecule has 2 rings (SSSR count). The Kier molecular flexibility index (Phi) is 4.50. The van der Waals surface area contributed by atoms with Crippen molar-refractivity contribution in [2.45, 2.75) is 13.0 Å². The number of likely N-dealkylation sites (N-methyl/N-ethyl adjacent to an activating group) is 1. The van der Waals surface area contributed by atoms with Crippen LogP contribution in [0.2, 0.25) is 0 Å². The third-order valence-corrected chi connectivity index (χ3v) is 3.98. The Bertz CT molecular complexity index is 541. The summed E-state index contributed by atoms with van der Waals surface area (Å²) < 4.78 is 27.6. The van der Waals surface area contributed by atoms with Gasteiger partial charge in [0.1, 0.15) is 0 Å². The molecular formula is C14H16F2N2S. The normalized spacial score (nSPS) is 10.7. The van der Waals surface area contributed by atoms with Crippen LogP contribution in [0.4, 0.5) is 14.5 Å². The average molecular weight is 282 g/mol. The van der Waals surface area contributed by atoms with E-state index in [9.17, 15) is 8.78 Å². The molecule has 5 heteroatoms. The molecule has 0 aliphatic carbocycles. The quantitative estimate of drug-likeness (QED) is 0.912. The highest BCUT2D eigenvalue weighted by Crippen LogP contribution is 2.23. The highest BCUT2D eigenvalue weighted by atomic mass is 32.1. The molecule has 0 bridgehead atoms. The van der Waals surface area contributed by atoms with E-state index in [1.807, 2.05) is 17.5 Å². The van der Waals surface area contributed by atoms with Gasteiger partial charge >= 0.3 is 0 Å². The Labute approximate surface area is 115 Å². The second kappa shape index (κ2) is 6.12. The lowest BCUT2D eigenvalue weighted by Gasteiger charge is -2.20. The summed E-state index contributed by atoms with van der Waals surface area (Å²) in [6.07, 6.45) is 0.813. The molecule has 2 N–H and O–H groups in total. The number of hydrogen-bond donors (Lipinski definition) is 1. The minimum Gasteiger partial charge on any atom is -0.372 e. The number of thiophene rings is 1. The number of anilines is 1. The molecule has 0 aliphatic rings. The lowest BCUT2D eigenvalue weighted by Crippen LogP contribution is -2.22. The molecule has 0 saturated heterocycles. The molecule has 0 unspecified atom stereocenters. The molecule has 1 aromatic carbocycles. The van der Waals surface area contributed by atoms with Crippen LogP contribution in [0.3, 0.4) is 0 Å². The van der Waals surface area contributed by atoms with Gasteiger partial charge in [-0.1, -0.05) is 12.1 Å². The molecule has 19 heavy (non-hydrogen) atoms. The van der Waals surface area contributed by atoms with Gasteiger partial charge in [-0.25, -0.2) is 8.78 Å². The topological polar surface area (TPSA) is 29.3 Å². The van der Waals surface area contributed by atoms with Crippen molar-refractivity contribution >= 4 is 17.0 Å². The molecule has 1 aromatic heterocycles. The first kappa shape index (κ1) is 14.0. The van der Waals surface area contributed by atoms with Gasteiger partial charge in [0, 0.05) is 30.6 Å². The van der Waals surface area contributed by atoms with Crippen molar-refractivity contribution in [1.29, 1.82) is 0 Å². The molecule has 0 aliphatic heterocycles. The molecule has 0 saturated carbocycles. The van der Waals surface area contributed by atoms with Gasteiger partial charge in [0.05, 0.1) is 5.69 Å². The van der Waals surface area contributed by atoms with E-state index in [2.05, 4.69) is 0 Å². The molecule has 0 fully saturated rings. The standard InChI is InChI=1S/C14H16F2N2S/c1-18(7-6-11-3-2-8-19-11)12-5-4-10(9-17)13(15)14(12)16/h2-5,8H,6-7,9,17H2,1H3. The Morgan fingerprint density at radius 2 is 2.00 bits per heavy atom. The summed E-state index contributed by atoms with van der Waals surface area (Å²) in [6.45, 7) is 0.640. The van der Waals surface area contributed by atoms with E-state index >= 15 is 0 Å². The van der Waals surface area contributed by atoms with E-state index in [1.54, 1.807) is 29.4 Å². The van der Waals surface area contributed by atoms with Gasteiger partial charge < -0.3 is 10.6 Å². The maximum Gasteiger partial charge on any atom is 0.182 e. The summed E-state index contributed by atoms with van der Waals surface area (Å²) in [7, 11) is 1.76. The van der Waals surface area contributed by atoms with Crippen LogP contribution in [0.25, 0.3) is 0 Å². The first-order chi connectivity index (χ1) is 9.13. The lowest BCUT2D eigenvalue weighted by atomic mass is 10.1. The molecule has 0 radical (unpaired) electrons. The summed E-state index contributed by atoms with van der Waals surface area (Å²) >= 11 is 1.66. The first-order valence-corrected chi connectivity index (χ1v) is 6.92. The van der Waals surface area contributed by atoms with Crippen molar-refractivity contribution in [2.75, 3.05) is 18.5 Å². The van der Waals surface area contributed by atoms with Crippen LogP contribution in [0, 0.1) is 11.6 Å². The first-order valence-electron chi connectivity index (χ1n) is 6.04. The summed E-state index contributed by atoms with van der Waals surface area (Å²) in [5.74, 6) is -1.67. The van der Waals surface area contributed by atoms with Crippen LogP contribution >= 0.6 is 11.3 Å². The van der Waals surface area contributed by atoms with Gasteiger partial charge in [-0.05, 0) is 23.9 Å². The van der Waals surface area contributed by atoms with Gasteiger partial charge in [-0.15, -0.1) is 11.3 Å². The number of hydrogen-bond acceptors (Lipinski definition) is 3. The predicted octanol–water partition coefficient (Wildman–Crippen LogP) is 3.16. The van der Waals surface area contributed by atoms with Gasteiger partial charge in [0.15, 0.2) is 11.6 Å². The molecule has 0 spiro atoms. The highest BCUT2D eigenvalue weighted by molar-refractivity contribution is 7.09. The largest absolute Gasteiger partial charge is 0.372 e. The van der Waals surface area contributed by atoms with E-state index in [0.717, 1.165) is 6.42 Å². The zero-order chi connectivity index (χ0) is 13.8. The maximum atomic E-state index is 13.9. The van der Waals surface area contributed by atoms with Crippen molar-refractivity contribution in [3.05, 3.63) is 51.7 Å². The van der Waals surface area contributed by atoms with Gasteiger partial charge in [-0.2, -0.15) is 0 Å². The molecule has 2 aromatic rings. The van der Waals surface area contributed by atoms with Crippen molar-refractivity contribution in [3.63, 3.8) is 0 Å². The van der Waals surface area contributed by atoms with Crippen molar-refractivity contribution < 1.29 is 8.78 Å². The molecule has 0 atom stereocenters. The number of benzene rings is 1. The van der Waals surface area contributed by atoms with E-state index in [4.69, 9.17) is 5.73 Å². The summed E-state index contributed by atoms with van der Waals surface area (Å²) in [5, 5.41) is 2.01. The van der Waals surface area contributed by atoms with Gasteiger partial charge in [0.25, 0.3) is 0 Å². The summed E-state index contributed by atoms with van der Waals surface area (Å²) in [5.41, 5.74) is 5.82. The van der Waals surface area contributed by atoms with Crippen molar-refractivity contribution in [1.82, 2.24) is 0 Å².